The molecule has 0 bridgehead atoms. The van der Waals surface area contributed by atoms with Gasteiger partial charge in [0.1, 0.15) is 11.6 Å². The quantitative estimate of drug-likeness (QED) is 0.773. The van der Waals surface area contributed by atoms with E-state index in [1.807, 2.05) is 0 Å². The van der Waals surface area contributed by atoms with Gasteiger partial charge < -0.3 is 10.8 Å². The first kappa shape index (κ1) is 11.1. The largest absolute Gasteiger partial charge is 0.507 e. The van der Waals surface area contributed by atoms with E-state index >= 15 is 0 Å². The SMILES string of the molecule is Cc1cn(N=Cc2cc(F)ccc2O)c(N)n1. The minimum atomic E-state index is -0.445. The Labute approximate surface area is 97.0 Å². The number of aromatic nitrogens is 2. The minimum absolute atomic E-state index is 0.0504. The van der Waals surface area contributed by atoms with Crippen LogP contribution >= 0.6 is 0 Å². The maximum atomic E-state index is 12.9. The third kappa shape index (κ3) is 2.41. The number of aryl methyl sites for hydroxylation is 1. The van der Waals surface area contributed by atoms with Crippen LogP contribution in [0.1, 0.15) is 11.3 Å². The van der Waals surface area contributed by atoms with E-state index in [4.69, 9.17) is 5.73 Å². The maximum Gasteiger partial charge on any atom is 0.221 e. The summed E-state index contributed by atoms with van der Waals surface area (Å²) < 4.78 is 14.3. The number of phenolic OH excluding ortho intramolecular Hbond substituents is 1. The fraction of sp³-hybridized carbons (Fsp3) is 0.0909. The van der Waals surface area contributed by atoms with Crippen molar-refractivity contribution in [2.24, 2.45) is 5.10 Å². The van der Waals surface area contributed by atoms with Gasteiger partial charge >= 0.3 is 0 Å². The molecule has 0 aliphatic carbocycles. The molecular weight excluding hydrogens is 223 g/mol. The van der Waals surface area contributed by atoms with Gasteiger partial charge in [-0.25, -0.2) is 14.1 Å². The lowest BCUT2D eigenvalue weighted by Crippen LogP contribution is -1.97. The molecule has 0 aliphatic rings. The number of anilines is 1. The van der Waals surface area contributed by atoms with E-state index in [0.717, 1.165) is 5.69 Å². The van der Waals surface area contributed by atoms with Gasteiger partial charge in [0.25, 0.3) is 0 Å². The number of rotatable bonds is 2. The Hall–Kier alpha value is -2.37. The summed E-state index contributed by atoms with van der Waals surface area (Å²) in [5, 5.41) is 13.4. The third-order valence-corrected chi connectivity index (χ3v) is 2.15. The molecule has 0 saturated carbocycles. The van der Waals surface area contributed by atoms with Crippen molar-refractivity contribution in [2.45, 2.75) is 6.92 Å². The van der Waals surface area contributed by atoms with Crippen LogP contribution in [0.3, 0.4) is 0 Å². The zero-order valence-corrected chi connectivity index (χ0v) is 9.13. The number of benzene rings is 1. The predicted molar refractivity (Wildman–Crippen MR) is 62.4 cm³/mol. The number of nitrogens with zero attached hydrogens (tertiary/aromatic N) is 3. The summed E-state index contributed by atoms with van der Waals surface area (Å²) in [7, 11) is 0. The summed E-state index contributed by atoms with van der Waals surface area (Å²) in [4.78, 5) is 3.95. The highest BCUT2D eigenvalue weighted by atomic mass is 19.1. The number of halogens is 1. The van der Waals surface area contributed by atoms with Crippen LogP contribution in [-0.4, -0.2) is 21.0 Å². The van der Waals surface area contributed by atoms with Gasteiger partial charge in [0.2, 0.25) is 5.95 Å². The van der Waals surface area contributed by atoms with Crippen LogP contribution < -0.4 is 5.73 Å². The van der Waals surface area contributed by atoms with E-state index < -0.39 is 5.82 Å². The Morgan fingerprint density at radius 1 is 1.53 bits per heavy atom. The van der Waals surface area contributed by atoms with Crippen molar-refractivity contribution in [3.05, 3.63) is 41.5 Å². The molecule has 17 heavy (non-hydrogen) atoms. The maximum absolute atomic E-state index is 12.9. The summed E-state index contributed by atoms with van der Waals surface area (Å²) in [6.45, 7) is 1.78. The number of nitrogen functional groups attached to an aromatic ring is 1. The molecule has 5 nitrogen and oxygen atoms in total. The Kier molecular flexibility index (Phi) is 2.78. The van der Waals surface area contributed by atoms with Gasteiger partial charge in [0.15, 0.2) is 0 Å². The lowest BCUT2D eigenvalue weighted by atomic mass is 10.2. The molecule has 2 aromatic rings. The summed E-state index contributed by atoms with van der Waals surface area (Å²) in [6, 6.07) is 3.61. The van der Waals surface area contributed by atoms with Crippen molar-refractivity contribution in [3.63, 3.8) is 0 Å². The number of nitrogens with two attached hydrogens (primary N) is 1. The van der Waals surface area contributed by atoms with Gasteiger partial charge in [-0.1, -0.05) is 0 Å². The second-order valence-corrected chi connectivity index (χ2v) is 3.53. The first-order valence-corrected chi connectivity index (χ1v) is 4.90. The number of phenols is 1. The van der Waals surface area contributed by atoms with E-state index in [2.05, 4.69) is 10.1 Å². The molecule has 1 aromatic carbocycles. The first-order valence-electron chi connectivity index (χ1n) is 4.90. The fourth-order valence-electron chi connectivity index (χ4n) is 1.35. The second kappa shape index (κ2) is 4.25. The number of hydrogen-bond donors (Lipinski definition) is 2. The van der Waals surface area contributed by atoms with Crippen LogP contribution in [-0.2, 0) is 0 Å². The molecular formula is C11H11FN4O. The number of hydrogen-bond acceptors (Lipinski definition) is 4. The van der Waals surface area contributed by atoms with Crippen molar-refractivity contribution in [3.8, 4) is 5.75 Å². The van der Waals surface area contributed by atoms with Gasteiger partial charge in [0.05, 0.1) is 18.1 Å². The van der Waals surface area contributed by atoms with Crippen molar-refractivity contribution < 1.29 is 9.50 Å². The number of aromatic hydroxyl groups is 1. The van der Waals surface area contributed by atoms with Gasteiger partial charge in [-0.2, -0.15) is 5.10 Å². The van der Waals surface area contributed by atoms with Crippen molar-refractivity contribution in [2.75, 3.05) is 5.73 Å². The predicted octanol–water partition coefficient (Wildman–Crippen LogP) is 1.50. The van der Waals surface area contributed by atoms with E-state index in [9.17, 15) is 9.50 Å². The Bertz CT molecular complexity index is 577. The van der Waals surface area contributed by atoms with Gasteiger partial charge in [-0.15, -0.1) is 0 Å². The lowest BCUT2D eigenvalue weighted by molar-refractivity contribution is 0.472. The smallest absolute Gasteiger partial charge is 0.221 e. The van der Waals surface area contributed by atoms with Crippen LogP contribution in [0.15, 0.2) is 29.5 Å². The molecule has 0 fully saturated rings. The van der Waals surface area contributed by atoms with Gasteiger partial charge in [-0.3, -0.25) is 0 Å². The fourth-order valence-corrected chi connectivity index (χ4v) is 1.35. The molecule has 0 radical (unpaired) electrons. The van der Waals surface area contributed by atoms with Crippen LogP contribution in [0, 0.1) is 12.7 Å². The summed E-state index contributed by atoms with van der Waals surface area (Å²) in [5.41, 5.74) is 6.57. The van der Waals surface area contributed by atoms with Crippen LogP contribution in [0.2, 0.25) is 0 Å². The molecule has 0 amide bonds. The Balaban J connectivity index is 2.31. The van der Waals surface area contributed by atoms with Crippen LogP contribution in [0.4, 0.5) is 10.3 Å². The molecule has 0 saturated heterocycles. The minimum Gasteiger partial charge on any atom is -0.507 e. The topological polar surface area (TPSA) is 76.4 Å². The molecule has 2 rings (SSSR count). The molecule has 0 unspecified atom stereocenters. The summed E-state index contributed by atoms with van der Waals surface area (Å²) in [5.74, 6) is -0.265. The second-order valence-electron chi connectivity index (χ2n) is 3.53. The molecule has 0 atom stereocenters. The average Bonchev–Trinajstić information content (AvgIpc) is 2.59. The first-order chi connectivity index (χ1) is 8.06. The van der Waals surface area contributed by atoms with E-state index in [1.165, 1.54) is 29.1 Å². The molecule has 1 aromatic heterocycles. The molecule has 0 spiro atoms. The highest BCUT2D eigenvalue weighted by molar-refractivity contribution is 5.83. The normalized spacial score (nSPS) is 11.2. The van der Waals surface area contributed by atoms with Crippen molar-refractivity contribution in [1.29, 1.82) is 0 Å². The van der Waals surface area contributed by atoms with E-state index in [1.54, 1.807) is 13.1 Å². The Morgan fingerprint density at radius 2 is 2.29 bits per heavy atom. The standard InChI is InChI=1S/C11H11FN4O/c1-7-6-16(11(13)15-7)14-5-8-4-9(12)2-3-10(8)17/h2-6,17H,1H3,(H2,13,15). The van der Waals surface area contributed by atoms with Crippen LogP contribution in [0.5, 0.6) is 5.75 Å². The summed E-state index contributed by atoms with van der Waals surface area (Å²) >= 11 is 0. The average molecular weight is 234 g/mol. The third-order valence-electron chi connectivity index (χ3n) is 2.15. The van der Waals surface area contributed by atoms with Gasteiger partial charge in [-0.05, 0) is 25.1 Å². The molecule has 88 valence electrons. The molecule has 0 aliphatic heterocycles. The highest BCUT2D eigenvalue weighted by Gasteiger charge is 2.01. The molecule has 3 N–H and O–H groups in total. The zero-order valence-electron chi connectivity index (χ0n) is 9.13. The molecule has 6 heteroatoms. The van der Waals surface area contributed by atoms with E-state index in [-0.39, 0.29) is 17.3 Å². The Morgan fingerprint density at radius 3 is 2.94 bits per heavy atom. The molecule has 1 heterocycles. The van der Waals surface area contributed by atoms with Crippen molar-refractivity contribution in [1.82, 2.24) is 9.66 Å². The zero-order chi connectivity index (χ0) is 12.4. The van der Waals surface area contributed by atoms with Gasteiger partial charge in [0, 0.05) is 5.56 Å². The number of imidazole rings is 1. The highest BCUT2D eigenvalue weighted by Crippen LogP contribution is 2.15. The lowest BCUT2D eigenvalue weighted by Gasteiger charge is -1.99. The van der Waals surface area contributed by atoms with E-state index in [0.29, 0.717) is 0 Å². The summed E-state index contributed by atoms with van der Waals surface area (Å²) in [6.07, 6.45) is 2.94. The van der Waals surface area contributed by atoms with Crippen molar-refractivity contribution >= 4 is 12.2 Å². The monoisotopic (exact) mass is 234 g/mol. The van der Waals surface area contributed by atoms with Crippen LogP contribution in [0.25, 0.3) is 0 Å².